The number of alkyl halides is 2. The standard InChI is InChI=1S/C26H27BF2N2O3/c1-16-25(17(2)34-30-16)20-5-8-22-23(19-3-6-21(7-4-19)27(32)33)15-31(24(22)13-20)14-18-9-11-26(28,29)12-10-18/h3-8,13,15,18,32-33H,9-12,14H2,1-2H3. The minimum absolute atomic E-state index is 0.0565. The van der Waals surface area contributed by atoms with Crippen LogP contribution >= 0.6 is 0 Å². The Bertz CT molecular complexity index is 1300. The SMILES string of the molecule is Cc1noc(C)c1-c1ccc2c(-c3ccc(B(O)O)cc3)cn(CC3CCC(F)(F)CC3)c2c1. The quantitative estimate of drug-likeness (QED) is 0.404. The first-order chi connectivity index (χ1) is 16.2. The molecule has 0 spiro atoms. The van der Waals surface area contributed by atoms with Crippen molar-refractivity contribution in [2.45, 2.75) is 52.0 Å². The molecule has 2 N–H and O–H groups in total. The third kappa shape index (κ3) is 4.28. The molecule has 1 saturated carbocycles. The molecular weight excluding hydrogens is 437 g/mol. The Morgan fingerprint density at radius 1 is 1.06 bits per heavy atom. The minimum Gasteiger partial charge on any atom is -0.423 e. The Labute approximate surface area is 197 Å². The van der Waals surface area contributed by atoms with Crippen LogP contribution in [0.3, 0.4) is 0 Å². The van der Waals surface area contributed by atoms with Crippen molar-refractivity contribution in [2.24, 2.45) is 5.92 Å². The lowest BCUT2D eigenvalue weighted by Crippen LogP contribution is -2.29. The molecule has 2 aromatic heterocycles. The number of nitrogens with zero attached hydrogens (tertiary/aromatic N) is 2. The summed E-state index contributed by atoms with van der Waals surface area (Å²) < 4.78 is 35.0. The van der Waals surface area contributed by atoms with Crippen LogP contribution < -0.4 is 5.46 Å². The van der Waals surface area contributed by atoms with Gasteiger partial charge in [-0.05, 0) is 55.3 Å². The fourth-order valence-electron chi connectivity index (χ4n) is 5.12. The van der Waals surface area contributed by atoms with Crippen LogP contribution in [0.1, 0.15) is 37.1 Å². The molecule has 2 heterocycles. The molecule has 0 saturated heterocycles. The van der Waals surface area contributed by atoms with Gasteiger partial charge in [-0.15, -0.1) is 0 Å². The van der Waals surface area contributed by atoms with Gasteiger partial charge in [0.25, 0.3) is 0 Å². The van der Waals surface area contributed by atoms with Gasteiger partial charge in [0.15, 0.2) is 0 Å². The number of aryl methyl sites for hydroxylation is 2. The number of benzene rings is 2. The van der Waals surface area contributed by atoms with Crippen molar-refractivity contribution in [3.05, 3.63) is 60.1 Å². The number of aromatic nitrogens is 2. The van der Waals surface area contributed by atoms with Crippen LogP contribution in [0.4, 0.5) is 8.78 Å². The molecule has 34 heavy (non-hydrogen) atoms. The Balaban J connectivity index is 1.58. The van der Waals surface area contributed by atoms with E-state index in [-0.39, 0.29) is 18.8 Å². The highest BCUT2D eigenvalue weighted by atomic mass is 19.3. The van der Waals surface area contributed by atoms with E-state index in [9.17, 15) is 18.8 Å². The third-order valence-electron chi connectivity index (χ3n) is 7.02. The van der Waals surface area contributed by atoms with Crippen LogP contribution in [0.15, 0.2) is 53.2 Å². The highest BCUT2D eigenvalue weighted by Crippen LogP contribution is 2.39. The monoisotopic (exact) mass is 464 g/mol. The van der Waals surface area contributed by atoms with Crippen molar-refractivity contribution in [2.75, 3.05) is 0 Å². The Morgan fingerprint density at radius 2 is 1.74 bits per heavy atom. The van der Waals surface area contributed by atoms with Crippen molar-refractivity contribution >= 4 is 23.5 Å². The van der Waals surface area contributed by atoms with Gasteiger partial charge in [0, 0.05) is 47.6 Å². The van der Waals surface area contributed by atoms with E-state index in [4.69, 9.17) is 4.52 Å². The molecule has 1 aliphatic rings. The zero-order valence-corrected chi connectivity index (χ0v) is 19.3. The van der Waals surface area contributed by atoms with Gasteiger partial charge in [0.1, 0.15) is 5.76 Å². The van der Waals surface area contributed by atoms with E-state index in [0.29, 0.717) is 24.8 Å². The topological polar surface area (TPSA) is 71.4 Å². The Hall–Kier alpha value is -2.97. The van der Waals surface area contributed by atoms with E-state index in [0.717, 1.165) is 44.6 Å². The summed E-state index contributed by atoms with van der Waals surface area (Å²) in [7, 11) is -1.52. The molecule has 1 aliphatic carbocycles. The van der Waals surface area contributed by atoms with Crippen LogP contribution in [0.5, 0.6) is 0 Å². The smallest absolute Gasteiger partial charge is 0.423 e. The number of halogens is 2. The second kappa shape index (κ2) is 8.67. The fraction of sp³-hybridized carbons (Fsp3) is 0.346. The molecule has 0 radical (unpaired) electrons. The number of fused-ring (bicyclic) bond motifs is 1. The average Bonchev–Trinajstić information content (AvgIpc) is 3.34. The highest BCUT2D eigenvalue weighted by Gasteiger charge is 2.35. The third-order valence-corrected chi connectivity index (χ3v) is 7.02. The highest BCUT2D eigenvalue weighted by molar-refractivity contribution is 6.58. The number of rotatable bonds is 5. The summed E-state index contributed by atoms with van der Waals surface area (Å²) in [6, 6.07) is 13.4. The molecule has 0 amide bonds. The fourth-order valence-corrected chi connectivity index (χ4v) is 5.12. The Morgan fingerprint density at radius 3 is 2.35 bits per heavy atom. The first-order valence-electron chi connectivity index (χ1n) is 11.6. The molecule has 4 aromatic rings. The Kier molecular flexibility index (Phi) is 5.82. The lowest BCUT2D eigenvalue weighted by atomic mass is 9.80. The van der Waals surface area contributed by atoms with Gasteiger partial charge in [-0.2, -0.15) is 0 Å². The molecule has 5 rings (SSSR count). The van der Waals surface area contributed by atoms with Gasteiger partial charge in [-0.1, -0.05) is 41.6 Å². The predicted octanol–water partition coefficient (Wildman–Crippen LogP) is 5.09. The molecule has 5 nitrogen and oxygen atoms in total. The zero-order chi connectivity index (χ0) is 24.0. The van der Waals surface area contributed by atoms with Gasteiger partial charge >= 0.3 is 7.12 Å². The summed E-state index contributed by atoms with van der Waals surface area (Å²) in [5.74, 6) is -1.60. The van der Waals surface area contributed by atoms with E-state index in [2.05, 4.69) is 34.1 Å². The maximum absolute atomic E-state index is 13.7. The number of hydrogen-bond donors (Lipinski definition) is 2. The molecule has 0 unspecified atom stereocenters. The summed E-state index contributed by atoms with van der Waals surface area (Å²) in [6.45, 7) is 4.48. The average molecular weight is 464 g/mol. The van der Waals surface area contributed by atoms with E-state index in [1.165, 1.54) is 0 Å². The molecule has 0 aliphatic heterocycles. The van der Waals surface area contributed by atoms with Crippen molar-refractivity contribution in [1.29, 1.82) is 0 Å². The first kappa shape index (κ1) is 22.8. The van der Waals surface area contributed by atoms with E-state index in [1.54, 1.807) is 12.1 Å². The molecule has 176 valence electrons. The largest absolute Gasteiger partial charge is 0.488 e. The van der Waals surface area contributed by atoms with Gasteiger partial charge in [-0.25, -0.2) is 8.78 Å². The second-order valence-corrected chi connectivity index (χ2v) is 9.42. The zero-order valence-electron chi connectivity index (χ0n) is 19.3. The van der Waals surface area contributed by atoms with Gasteiger partial charge in [0.2, 0.25) is 5.92 Å². The predicted molar refractivity (Wildman–Crippen MR) is 129 cm³/mol. The molecule has 0 bridgehead atoms. The van der Waals surface area contributed by atoms with Crippen molar-refractivity contribution in [3.8, 4) is 22.3 Å². The summed E-state index contributed by atoms with van der Waals surface area (Å²) in [5.41, 5.74) is 6.21. The molecule has 0 atom stereocenters. The van der Waals surface area contributed by atoms with Crippen LogP contribution in [0, 0.1) is 19.8 Å². The lowest BCUT2D eigenvalue weighted by Gasteiger charge is -2.28. The van der Waals surface area contributed by atoms with Crippen molar-refractivity contribution in [3.63, 3.8) is 0 Å². The lowest BCUT2D eigenvalue weighted by molar-refractivity contribution is -0.0472. The second-order valence-electron chi connectivity index (χ2n) is 9.42. The molecule has 1 fully saturated rings. The van der Waals surface area contributed by atoms with E-state index < -0.39 is 13.0 Å². The van der Waals surface area contributed by atoms with E-state index >= 15 is 0 Å². The maximum Gasteiger partial charge on any atom is 0.488 e. The van der Waals surface area contributed by atoms with Gasteiger partial charge in [-0.3, -0.25) is 0 Å². The van der Waals surface area contributed by atoms with Gasteiger partial charge in [0.05, 0.1) is 5.69 Å². The molecule has 8 heteroatoms. The van der Waals surface area contributed by atoms with Crippen LogP contribution in [0.25, 0.3) is 33.2 Å². The van der Waals surface area contributed by atoms with Crippen LogP contribution in [-0.2, 0) is 6.54 Å². The summed E-state index contributed by atoms with van der Waals surface area (Å²) in [6.07, 6.45) is 2.99. The minimum atomic E-state index is -2.55. The van der Waals surface area contributed by atoms with Gasteiger partial charge < -0.3 is 19.1 Å². The van der Waals surface area contributed by atoms with Crippen LogP contribution in [-0.4, -0.2) is 32.8 Å². The maximum atomic E-state index is 13.7. The summed E-state index contributed by atoms with van der Waals surface area (Å²) in [5, 5.41) is 24.0. The summed E-state index contributed by atoms with van der Waals surface area (Å²) >= 11 is 0. The van der Waals surface area contributed by atoms with Crippen molar-refractivity contribution < 1.29 is 23.4 Å². The number of hydrogen-bond acceptors (Lipinski definition) is 4. The van der Waals surface area contributed by atoms with Crippen LogP contribution in [0.2, 0.25) is 0 Å². The molecule has 2 aromatic carbocycles. The normalized spacial score (nSPS) is 16.3. The molecular formula is C26H27BF2N2O3. The first-order valence-corrected chi connectivity index (χ1v) is 11.6. The summed E-state index contributed by atoms with van der Waals surface area (Å²) in [4.78, 5) is 0. The van der Waals surface area contributed by atoms with Crippen molar-refractivity contribution in [1.82, 2.24) is 9.72 Å². The van der Waals surface area contributed by atoms with E-state index in [1.807, 2.05) is 26.0 Å².